The van der Waals surface area contributed by atoms with Crippen molar-refractivity contribution in [1.29, 1.82) is 5.26 Å². The highest BCUT2D eigenvalue weighted by Gasteiger charge is 2.19. The number of hydrogen-bond donors (Lipinski definition) is 0. The Hall–Kier alpha value is -3.18. The lowest BCUT2D eigenvalue weighted by Crippen LogP contribution is -1.99. The highest BCUT2D eigenvalue weighted by molar-refractivity contribution is 6.11. The molecule has 0 saturated heterocycles. The zero-order valence-corrected chi connectivity index (χ0v) is 13.1. The number of nitrogens with zero attached hydrogens (tertiary/aromatic N) is 1. The maximum absolute atomic E-state index is 12.6. The smallest absolute Gasteiger partial charge is 0.186 e. The number of ketones is 1. The van der Waals surface area contributed by atoms with Crippen molar-refractivity contribution in [3.05, 3.63) is 88.5 Å². The van der Waals surface area contributed by atoms with E-state index in [1.165, 1.54) is 21.9 Å². The molecule has 0 amide bonds. The van der Waals surface area contributed by atoms with Crippen LogP contribution >= 0.6 is 0 Å². The molecule has 0 aliphatic heterocycles. The number of benzene rings is 3. The normalized spacial score (nSPS) is 12.6. The van der Waals surface area contributed by atoms with Gasteiger partial charge in [-0.1, -0.05) is 48.5 Å². The van der Waals surface area contributed by atoms with E-state index < -0.39 is 0 Å². The van der Waals surface area contributed by atoms with Gasteiger partial charge in [0.15, 0.2) is 5.78 Å². The van der Waals surface area contributed by atoms with Crippen molar-refractivity contribution < 1.29 is 4.79 Å². The topological polar surface area (TPSA) is 40.9 Å². The van der Waals surface area contributed by atoms with E-state index in [1.54, 1.807) is 24.3 Å². The second-order valence-corrected chi connectivity index (χ2v) is 6.04. The summed E-state index contributed by atoms with van der Waals surface area (Å²) in [6.07, 6.45) is 5.38. The van der Waals surface area contributed by atoms with Crippen molar-refractivity contribution in [2.75, 3.05) is 0 Å². The quantitative estimate of drug-likeness (QED) is 0.519. The van der Waals surface area contributed by atoms with Gasteiger partial charge in [0.1, 0.15) is 0 Å². The SMILES string of the molecule is N#Cc1ccc(/C=C/C(=O)c2ccc3cccc4c3c2CC4)cc1. The fraction of sp³-hybridized carbons (Fsp3) is 0.0909. The van der Waals surface area contributed by atoms with Gasteiger partial charge in [0.2, 0.25) is 0 Å². The molecule has 2 heteroatoms. The molecule has 0 saturated carbocycles. The summed E-state index contributed by atoms with van der Waals surface area (Å²) in [5.74, 6) is 0.0352. The maximum Gasteiger partial charge on any atom is 0.186 e. The van der Waals surface area contributed by atoms with E-state index in [-0.39, 0.29) is 5.78 Å². The lowest BCUT2D eigenvalue weighted by Gasteiger charge is -2.06. The number of aryl methyl sites for hydroxylation is 2. The number of rotatable bonds is 3. The molecule has 24 heavy (non-hydrogen) atoms. The summed E-state index contributed by atoms with van der Waals surface area (Å²) in [6, 6.07) is 19.6. The van der Waals surface area contributed by atoms with Crippen LogP contribution in [0.15, 0.2) is 60.7 Å². The van der Waals surface area contributed by atoms with Crippen LogP contribution < -0.4 is 0 Å². The molecular formula is C22H15NO. The molecule has 114 valence electrons. The Balaban J connectivity index is 1.67. The third-order valence-corrected chi connectivity index (χ3v) is 4.62. The van der Waals surface area contributed by atoms with E-state index in [0.717, 1.165) is 24.0 Å². The van der Waals surface area contributed by atoms with Crippen LogP contribution in [-0.2, 0) is 12.8 Å². The third kappa shape index (κ3) is 2.41. The lowest BCUT2D eigenvalue weighted by molar-refractivity contribution is 0.104. The molecule has 0 fully saturated rings. The Kier molecular flexibility index (Phi) is 3.48. The molecule has 3 aromatic carbocycles. The van der Waals surface area contributed by atoms with Gasteiger partial charge < -0.3 is 0 Å². The van der Waals surface area contributed by atoms with Crippen LogP contribution in [0.4, 0.5) is 0 Å². The van der Waals surface area contributed by atoms with E-state index >= 15 is 0 Å². The Morgan fingerprint density at radius 2 is 1.83 bits per heavy atom. The standard InChI is InChI=1S/C22H15NO/c23-14-16-6-4-15(5-7-16)8-13-21(24)19-11-9-17-2-1-3-18-10-12-20(19)22(17)18/h1-9,11,13H,10,12H2/b13-8+. The van der Waals surface area contributed by atoms with Crippen molar-refractivity contribution in [1.82, 2.24) is 0 Å². The van der Waals surface area contributed by atoms with Crippen LogP contribution in [0.1, 0.15) is 32.6 Å². The van der Waals surface area contributed by atoms with Gasteiger partial charge in [-0.25, -0.2) is 0 Å². The highest BCUT2D eigenvalue weighted by atomic mass is 16.1. The summed E-state index contributed by atoms with van der Waals surface area (Å²) in [6.45, 7) is 0. The first-order valence-electron chi connectivity index (χ1n) is 8.02. The van der Waals surface area contributed by atoms with Gasteiger partial charge in [-0.2, -0.15) is 5.26 Å². The Morgan fingerprint density at radius 1 is 1.00 bits per heavy atom. The van der Waals surface area contributed by atoms with Crippen LogP contribution in [0.25, 0.3) is 16.8 Å². The molecule has 0 aromatic heterocycles. The van der Waals surface area contributed by atoms with Crippen molar-refractivity contribution in [3.63, 3.8) is 0 Å². The van der Waals surface area contributed by atoms with Gasteiger partial charge in [0.05, 0.1) is 11.6 Å². The minimum Gasteiger partial charge on any atom is -0.289 e. The summed E-state index contributed by atoms with van der Waals surface area (Å²) in [7, 11) is 0. The van der Waals surface area contributed by atoms with E-state index in [9.17, 15) is 4.79 Å². The average Bonchev–Trinajstić information content (AvgIpc) is 3.06. The molecule has 4 rings (SSSR count). The van der Waals surface area contributed by atoms with Crippen LogP contribution in [0.3, 0.4) is 0 Å². The second-order valence-electron chi connectivity index (χ2n) is 6.04. The largest absolute Gasteiger partial charge is 0.289 e. The summed E-state index contributed by atoms with van der Waals surface area (Å²) in [5.41, 5.74) is 4.86. The van der Waals surface area contributed by atoms with Gasteiger partial charge in [-0.15, -0.1) is 0 Å². The number of nitriles is 1. The van der Waals surface area contributed by atoms with Gasteiger partial charge in [-0.05, 0) is 58.5 Å². The molecule has 0 N–H and O–H groups in total. The second kappa shape index (κ2) is 5.79. The minimum atomic E-state index is 0.0352. The summed E-state index contributed by atoms with van der Waals surface area (Å²) < 4.78 is 0. The third-order valence-electron chi connectivity index (χ3n) is 4.62. The van der Waals surface area contributed by atoms with Gasteiger partial charge >= 0.3 is 0 Å². The Bertz CT molecular complexity index is 1020. The number of carbonyl (C=O) groups excluding carboxylic acids is 1. The lowest BCUT2D eigenvalue weighted by atomic mass is 9.97. The zero-order chi connectivity index (χ0) is 16.5. The fourth-order valence-electron chi connectivity index (χ4n) is 3.42. The van der Waals surface area contributed by atoms with Gasteiger partial charge in [0.25, 0.3) is 0 Å². The van der Waals surface area contributed by atoms with Crippen molar-refractivity contribution >= 4 is 22.6 Å². The van der Waals surface area contributed by atoms with Gasteiger partial charge in [0, 0.05) is 5.56 Å². The Labute approximate surface area is 140 Å². The van der Waals surface area contributed by atoms with E-state index in [0.29, 0.717) is 5.56 Å². The van der Waals surface area contributed by atoms with Crippen LogP contribution in [0.2, 0.25) is 0 Å². The van der Waals surface area contributed by atoms with Crippen LogP contribution in [0, 0.1) is 11.3 Å². The monoisotopic (exact) mass is 309 g/mol. The molecule has 1 aliphatic rings. The van der Waals surface area contributed by atoms with Crippen molar-refractivity contribution in [3.8, 4) is 6.07 Å². The van der Waals surface area contributed by atoms with Crippen molar-refractivity contribution in [2.24, 2.45) is 0 Å². The number of hydrogen-bond acceptors (Lipinski definition) is 2. The predicted molar refractivity (Wildman–Crippen MR) is 95.9 cm³/mol. The molecule has 0 radical (unpaired) electrons. The molecule has 2 nitrogen and oxygen atoms in total. The Morgan fingerprint density at radius 3 is 2.62 bits per heavy atom. The molecule has 3 aromatic rings. The van der Waals surface area contributed by atoms with Gasteiger partial charge in [-0.3, -0.25) is 4.79 Å². The fourth-order valence-corrected chi connectivity index (χ4v) is 3.42. The summed E-state index contributed by atoms with van der Waals surface area (Å²) in [5, 5.41) is 11.3. The first kappa shape index (κ1) is 14.4. The molecule has 0 spiro atoms. The molecule has 0 heterocycles. The molecule has 0 unspecified atom stereocenters. The predicted octanol–water partition coefficient (Wildman–Crippen LogP) is 4.71. The van der Waals surface area contributed by atoms with E-state index in [2.05, 4.69) is 24.3 Å². The van der Waals surface area contributed by atoms with E-state index in [1.807, 2.05) is 24.3 Å². The summed E-state index contributed by atoms with van der Waals surface area (Å²) in [4.78, 5) is 12.6. The summed E-state index contributed by atoms with van der Waals surface area (Å²) >= 11 is 0. The van der Waals surface area contributed by atoms with Crippen LogP contribution in [0.5, 0.6) is 0 Å². The number of allylic oxidation sites excluding steroid dienone is 1. The first-order valence-corrected chi connectivity index (χ1v) is 8.02. The zero-order valence-electron chi connectivity index (χ0n) is 13.1. The number of carbonyl (C=O) groups is 1. The molecule has 1 aliphatic carbocycles. The first-order chi connectivity index (χ1) is 11.8. The minimum absolute atomic E-state index is 0.0352. The molecular weight excluding hydrogens is 294 g/mol. The van der Waals surface area contributed by atoms with Crippen molar-refractivity contribution in [2.45, 2.75) is 12.8 Å². The van der Waals surface area contributed by atoms with E-state index in [4.69, 9.17) is 5.26 Å². The molecule has 0 bridgehead atoms. The highest BCUT2D eigenvalue weighted by Crippen LogP contribution is 2.33. The average molecular weight is 309 g/mol. The maximum atomic E-state index is 12.6. The molecule has 0 atom stereocenters. The van der Waals surface area contributed by atoms with Crippen LogP contribution in [-0.4, -0.2) is 5.78 Å².